The maximum Gasteiger partial charge on any atom is 0.338 e. The molecule has 0 radical (unpaired) electrons. The molecule has 0 saturated heterocycles. The van der Waals surface area contributed by atoms with E-state index in [1.165, 1.54) is 30.3 Å². The van der Waals surface area contributed by atoms with Crippen molar-refractivity contribution in [3.05, 3.63) is 64.4 Å². The van der Waals surface area contributed by atoms with Gasteiger partial charge in [0.25, 0.3) is 5.91 Å². The number of halogens is 2. The molecule has 0 unspecified atom stereocenters. The number of benzene rings is 2. The maximum atomic E-state index is 13.1. The SMILES string of the molecule is N#Cc1ccc(C(=O)OCC(=O)Nc2cc(F)ccc2Cl)cc1. The number of carbonyl (C=O) groups is 2. The van der Waals surface area contributed by atoms with Crippen LogP contribution in [0.3, 0.4) is 0 Å². The van der Waals surface area contributed by atoms with Gasteiger partial charge in [0.1, 0.15) is 5.82 Å². The molecule has 0 aromatic heterocycles. The number of hydrogen-bond donors (Lipinski definition) is 1. The van der Waals surface area contributed by atoms with Gasteiger partial charge in [-0.2, -0.15) is 5.26 Å². The monoisotopic (exact) mass is 332 g/mol. The van der Waals surface area contributed by atoms with Crippen molar-refractivity contribution in [3.8, 4) is 6.07 Å². The number of esters is 1. The van der Waals surface area contributed by atoms with Gasteiger partial charge in [-0.25, -0.2) is 9.18 Å². The van der Waals surface area contributed by atoms with Gasteiger partial charge < -0.3 is 10.1 Å². The van der Waals surface area contributed by atoms with E-state index < -0.39 is 24.3 Å². The Hall–Kier alpha value is -2.91. The number of hydrogen-bond acceptors (Lipinski definition) is 4. The fourth-order valence-electron chi connectivity index (χ4n) is 1.67. The molecular formula is C16H10ClFN2O3. The summed E-state index contributed by atoms with van der Waals surface area (Å²) in [5, 5.41) is 11.2. The van der Waals surface area contributed by atoms with Crippen LogP contribution in [-0.4, -0.2) is 18.5 Å². The molecule has 0 heterocycles. The molecule has 23 heavy (non-hydrogen) atoms. The van der Waals surface area contributed by atoms with Gasteiger partial charge in [-0.05, 0) is 42.5 Å². The van der Waals surface area contributed by atoms with Gasteiger partial charge in [-0.3, -0.25) is 4.79 Å². The molecule has 1 N–H and O–H groups in total. The number of anilines is 1. The lowest BCUT2D eigenvalue weighted by atomic mass is 10.1. The zero-order chi connectivity index (χ0) is 16.8. The van der Waals surface area contributed by atoms with Crippen molar-refractivity contribution >= 4 is 29.2 Å². The third-order valence-corrected chi connectivity index (χ3v) is 3.12. The number of carbonyl (C=O) groups excluding carboxylic acids is 2. The second kappa shape index (κ2) is 7.38. The van der Waals surface area contributed by atoms with Gasteiger partial charge in [-0.15, -0.1) is 0 Å². The molecule has 7 heteroatoms. The zero-order valence-corrected chi connectivity index (χ0v) is 12.4. The van der Waals surface area contributed by atoms with E-state index in [4.69, 9.17) is 21.6 Å². The molecule has 0 aliphatic carbocycles. The Labute approximate surface area is 136 Å². The van der Waals surface area contributed by atoms with Gasteiger partial charge in [0.15, 0.2) is 6.61 Å². The summed E-state index contributed by atoms with van der Waals surface area (Å²) in [5.41, 5.74) is 0.701. The molecule has 1 amide bonds. The molecule has 0 bridgehead atoms. The molecule has 0 spiro atoms. The molecule has 0 aliphatic heterocycles. The molecular weight excluding hydrogens is 323 g/mol. The molecule has 0 aliphatic rings. The summed E-state index contributed by atoms with van der Waals surface area (Å²) in [7, 11) is 0. The second-order valence-electron chi connectivity index (χ2n) is 4.44. The molecule has 2 aromatic rings. The Kier molecular flexibility index (Phi) is 5.28. The van der Waals surface area contributed by atoms with Crippen LogP contribution in [0.5, 0.6) is 0 Å². The van der Waals surface area contributed by atoms with E-state index in [9.17, 15) is 14.0 Å². The van der Waals surface area contributed by atoms with Crippen molar-refractivity contribution < 1.29 is 18.7 Å². The minimum absolute atomic E-state index is 0.0890. The lowest BCUT2D eigenvalue weighted by molar-refractivity contribution is -0.119. The molecule has 116 valence electrons. The molecule has 2 rings (SSSR count). The van der Waals surface area contributed by atoms with Crippen molar-refractivity contribution in [2.45, 2.75) is 0 Å². The largest absolute Gasteiger partial charge is 0.452 e. The predicted octanol–water partition coefficient (Wildman–Crippen LogP) is 3.15. The third-order valence-electron chi connectivity index (χ3n) is 2.79. The molecule has 2 aromatic carbocycles. The Bertz CT molecular complexity index is 785. The smallest absolute Gasteiger partial charge is 0.338 e. The van der Waals surface area contributed by atoms with Crippen LogP contribution >= 0.6 is 11.6 Å². The highest BCUT2D eigenvalue weighted by molar-refractivity contribution is 6.33. The van der Waals surface area contributed by atoms with Crippen LogP contribution in [0.2, 0.25) is 5.02 Å². The summed E-state index contributed by atoms with van der Waals surface area (Å²) in [5.74, 6) is -1.92. The third kappa shape index (κ3) is 4.53. The fourth-order valence-corrected chi connectivity index (χ4v) is 1.84. The molecule has 5 nitrogen and oxygen atoms in total. The van der Waals surface area contributed by atoms with Gasteiger partial charge in [0, 0.05) is 0 Å². The van der Waals surface area contributed by atoms with Gasteiger partial charge in [-0.1, -0.05) is 11.6 Å². The highest BCUT2D eigenvalue weighted by atomic mass is 35.5. The Balaban J connectivity index is 1.92. The lowest BCUT2D eigenvalue weighted by Gasteiger charge is -2.08. The van der Waals surface area contributed by atoms with Crippen LogP contribution in [0.15, 0.2) is 42.5 Å². The number of nitrogens with zero attached hydrogens (tertiary/aromatic N) is 1. The molecule has 0 fully saturated rings. The first-order valence-electron chi connectivity index (χ1n) is 6.42. The predicted molar refractivity (Wildman–Crippen MR) is 81.5 cm³/mol. The van der Waals surface area contributed by atoms with E-state index in [1.54, 1.807) is 0 Å². The first kappa shape index (κ1) is 16.5. The van der Waals surface area contributed by atoms with Crippen LogP contribution in [0.25, 0.3) is 0 Å². The van der Waals surface area contributed by atoms with E-state index in [1.807, 2.05) is 6.07 Å². The van der Waals surface area contributed by atoms with Gasteiger partial charge in [0.2, 0.25) is 0 Å². The van der Waals surface area contributed by atoms with Crippen molar-refractivity contribution in [1.82, 2.24) is 0 Å². The van der Waals surface area contributed by atoms with Gasteiger partial charge >= 0.3 is 5.97 Å². The quantitative estimate of drug-likeness (QED) is 0.872. The topological polar surface area (TPSA) is 79.2 Å². The van der Waals surface area contributed by atoms with Crippen LogP contribution < -0.4 is 5.32 Å². The van der Waals surface area contributed by atoms with Crippen LogP contribution in [0.4, 0.5) is 10.1 Å². The minimum Gasteiger partial charge on any atom is -0.452 e. The summed E-state index contributed by atoms with van der Waals surface area (Å²) in [4.78, 5) is 23.5. The van der Waals surface area contributed by atoms with Crippen molar-refractivity contribution in [2.75, 3.05) is 11.9 Å². The van der Waals surface area contributed by atoms with Crippen molar-refractivity contribution in [2.24, 2.45) is 0 Å². The standard InChI is InChI=1S/C16H10ClFN2O3/c17-13-6-5-12(18)7-14(13)20-15(21)9-23-16(22)11-3-1-10(8-19)2-4-11/h1-7H,9H2,(H,20,21). The Morgan fingerprint density at radius 3 is 2.57 bits per heavy atom. The summed E-state index contributed by atoms with van der Waals surface area (Å²) in [6.07, 6.45) is 0. The van der Waals surface area contributed by atoms with E-state index >= 15 is 0 Å². The first-order chi connectivity index (χ1) is 11.0. The Morgan fingerprint density at radius 2 is 1.91 bits per heavy atom. The van der Waals surface area contributed by atoms with E-state index in [2.05, 4.69) is 5.32 Å². The number of rotatable bonds is 4. The van der Waals surface area contributed by atoms with Crippen LogP contribution in [-0.2, 0) is 9.53 Å². The average Bonchev–Trinajstić information content (AvgIpc) is 2.56. The summed E-state index contributed by atoms with van der Waals surface area (Å²) in [6, 6.07) is 11.2. The lowest BCUT2D eigenvalue weighted by Crippen LogP contribution is -2.21. The van der Waals surface area contributed by atoms with E-state index in [0.717, 1.165) is 12.1 Å². The Morgan fingerprint density at radius 1 is 1.22 bits per heavy atom. The molecule has 0 atom stereocenters. The number of nitrogens with one attached hydrogen (secondary N) is 1. The normalized spacial score (nSPS) is 9.78. The van der Waals surface area contributed by atoms with Crippen LogP contribution in [0.1, 0.15) is 15.9 Å². The number of nitriles is 1. The number of ether oxygens (including phenoxy) is 1. The van der Waals surface area contributed by atoms with Gasteiger partial charge in [0.05, 0.1) is 27.9 Å². The minimum atomic E-state index is -0.713. The number of amides is 1. The van der Waals surface area contributed by atoms with Crippen LogP contribution in [0, 0.1) is 17.1 Å². The van der Waals surface area contributed by atoms with Crippen molar-refractivity contribution in [3.63, 3.8) is 0 Å². The van der Waals surface area contributed by atoms with E-state index in [-0.39, 0.29) is 16.3 Å². The zero-order valence-electron chi connectivity index (χ0n) is 11.7. The van der Waals surface area contributed by atoms with E-state index in [0.29, 0.717) is 5.56 Å². The summed E-state index contributed by atoms with van der Waals surface area (Å²) >= 11 is 5.81. The van der Waals surface area contributed by atoms with Crippen molar-refractivity contribution in [1.29, 1.82) is 5.26 Å². The maximum absolute atomic E-state index is 13.1. The highest BCUT2D eigenvalue weighted by Gasteiger charge is 2.12. The summed E-state index contributed by atoms with van der Waals surface area (Å²) in [6.45, 7) is -0.550. The second-order valence-corrected chi connectivity index (χ2v) is 4.84. The highest BCUT2D eigenvalue weighted by Crippen LogP contribution is 2.22. The summed E-state index contributed by atoms with van der Waals surface area (Å²) < 4.78 is 17.9. The first-order valence-corrected chi connectivity index (χ1v) is 6.79. The molecule has 0 saturated carbocycles. The fraction of sp³-hybridized carbons (Fsp3) is 0.0625. The average molecular weight is 333 g/mol.